The summed E-state index contributed by atoms with van der Waals surface area (Å²) in [5, 5.41) is 15.5. The van der Waals surface area contributed by atoms with Crippen LogP contribution in [0, 0.1) is 16.0 Å². The van der Waals surface area contributed by atoms with Crippen molar-refractivity contribution in [3.05, 3.63) is 106 Å². The first kappa shape index (κ1) is 19.1. The van der Waals surface area contributed by atoms with E-state index < -0.39 is 0 Å². The lowest BCUT2D eigenvalue weighted by Gasteiger charge is -2.54. The molecule has 5 heteroatoms. The maximum atomic E-state index is 11.6. The Labute approximate surface area is 187 Å². The fourth-order valence-corrected chi connectivity index (χ4v) is 6.06. The van der Waals surface area contributed by atoms with Crippen LogP contribution in [0.1, 0.15) is 42.7 Å². The number of rotatable bonds is 3. The third-order valence-corrected chi connectivity index (χ3v) is 7.39. The van der Waals surface area contributed by atoms with Crippen molar-refractivity contribution in [1.29, 1.82) is 0 Å². The molecular weight excluding hydrogens is 398 g/mol. The van der Waals surface area contributed by atoms with E-state index in [2.05, 4.69) is 70.9 Å². The number of benzene rings is 3. The summed E-state index contributed by atoms with van der Waals surface area (Å²) in [6, 6.07) is 26.4. The smallest absolute Gasteiger partial charge is 0.271 e. The van der Waals surface area contributed by atoms with E-state index in [1.807, 2.05) is 12.1 Å². The average Bonchev–Trinajstić information content (AvgIpc) is 3.17. The third kappa shape index (κ3) is 2.77. The summed E-state index contributed by atoms with van der Waals surface area (Å²) in [6.45, 7) is 0. The number of nitro benzene ring substituents is 1. The summed E-state index contributed by atoms with van der Waals surface area (Å²) in [5.41, 5.74) is 5.34. The van der Waals surface area contributed by atoms with Crippen LogP contribution in [0.5, 0.6) is 0 Å². The van der Waals surface area contributed by atoms with Crippen LogP contribution in [0.2, 0.25) is 0 Å². The zero-order valence-corrected chi connectivity index (χ0v) is 17.8. The molecule has 32 heavy (non-hydrogen) atoms. The standard InChI is InChI=1S/C27H25N3O2/c31-30(32)21-14-15-24-26(17-21)29-25(20-11-5-2-6-12-20)18-22(19-9-3-1-4-10-19)23-13-7-8-16-27(23,29)28-24/h1-6,9-12,14-15,17-18,22-23,28H,7-8,13,16H2/t22-,23+,27-/m1/s1. The lowest BCUT2D eigenvalue weighted by Crippen LogP contribution is -2.60. The molecule has 2 aliphatic heterocycles. The van der Waals surface area contributed by atoms with E-state index in [-0.39, 0.29) is 22.2 Å². The molecule has 0 aromatic heterocycles. The fourth-order valence-electron chi connectivity index (χ4n) is 6.06. The van der Waals surface area contributed by atoms with E-state index in [1.165, 1.54) is 12.0 Å². The summed E-state index contributed by atoms with van der Waals surface area (Å²) < 4.78 is 0. The molecule has 3 aromatic rings. The monoisotopic (exact) mass is 423 g/mol. The van der Waals surface area contributed by atoms with Crippen LogP contribution in [-0.4, -0.2) is 10.6 Å². The van der Waals surface area contributed by atoms with E-state index in [0.717, 1.165) is 41.9 Å². The zero-order valence-electron chi connectivity index (χ0n) is 17.8. The first-order valence-corrected chi connectivity index (χ1v) is 11.4. The molecule has 2 heterocycles. The number of nitro groups is 1. The summed E-state index contributed by atoms with van der Waals surface area (Å²) in [6.07, 6.45) is 6.87. The Kier molecular flexibility index (Phi) is 4.32. The van der Waals surface area contributed by atoms with Crippen LogP contribution >= 0.6 is 0 Å². The molecule has 0 saturated heterocycles. The van der Waals surface area contributed by atoms with Crippen molar-refractivity contribution in [3.8, 4) is 0 Å². The number of nitrogens with one attached hydrogen (secondary N) is 1. The molecule has 1 fully saturated rings. The van der Waals surface area contributed by atoms with Crippen LogP contribution in [0.25, 0.3) is 5.70 Å². The van der Waals surface area contributed by atoms with Crippen molar-refractivity contribution in [2.75, 3.05) is 10.2 Å². The molecule has 1 saturated carbocycles. The summed E-state index contributed by atoms with van der Waals surface area (Å²) in [7, 11) is 0. The van der Waals surface area contributed by atoms with E-state index in [9.17, 15) is 10.1 Å². The van der Waals surface area contributed by atoms with E-state index in [4.69, 9.17) is 0 Å². The minimum atomic E-state index is -0.299. The van der Waals surface area contributed by atoms with Crippen molar-refractivity contribution in [2.24, 2.45) is 5.92 Å². The molecule has 160 valence electrons. The Balaban J connectivity index is 1.60. The highest BCUT2D eigenvalue weighted by Crippen LogP contribution is 2.59. The Morgan fingerprint density at radius 1 is 0.969 bits per heavy atom. The highest BCUT2D eigenvalue weighted by atomic mass is 16.6. The van der Waals surface area contributed by atoms with Crippen molar-refractivity contribution < 1.29 is 4.92 Å². The van der Waals surface area contributed by atoms with Gasteiger partial charge < -0.3 is 10.2 Å². The summed E-state index contributed by atoms with van der Waals surface area (Å²) in [4.78, 5) is 13.7. The Bertz CT molecular complexity index is 1210. The first-order chi connectivity index (χ1) is 15.7. The molecule has 1 N–H and O–H groups in total. The van der Waals surface area contributed by atoms with Gasteiger partial charge in [-0.05, 0) is 36.5 Å². The van der Waals surface area contributed by atoms with Crippen molar-refractivity contribution in [2.45, 2.75) is 37.3 Å². The van der Waals surface area contributed by atoms with Gasteiger partial charge in [0.25, 0.3) is 5.69 Å². The maximum absolute atomic E-state index is 11.6. The summed E-state index contributed by atoms with van der Waals surface area (Å²) in [5.74, 6) is 0.650. The molecule has 6 rings (SSSR count). The number of anilines is 2. The lowest BCUT2D eigenvalue weighted by molar-refractivity contribution is -0.384. The zero-order chi connectivity index (χ0) is 21.7. The van der Waals surface area contributed by atoms with Crippen LogP contribution in [0.4, 0.5) is 17.1 Å². The Morgan fingerprint density at radius 2 is 1.72 bits per heavy atom. The number of hydrogen-bond acceptors (Lipinski definition) is 4. The van der Waals surface area contributed by atoms with Gasteiger partial charge >= 0.3 is 0 Å². The minimum Gasteiger partial charge on any atom is -0.360 e. The number of hydrogen-bond donors (Lipinski definition) is 1. The predicted molar refractivity (Wildman–Crippen MR) is 127 cm³/mol. The predicted octanol–water partition coefficient (Wildman–Crippen LogP) is 6.55. The SMILES string of the molecule is O=[N+]([O-])c1ccc2c(c1)N1C(c3ccccc3)=C[C@H](c3ccccc3)[C@@H]3CCCC[C@]31N2. The second-order valence-corrected chi connectivity index (χ2v) is 9.05. The highest BCUT2D eigenvalue weighted by molar-refractivity contribution is 5.94. The normalized spacial score (nSPS) is 25.8. The van der Waals surface area contributed by atoms with Crippen molar-refractivity contribution in [1.82, 2.24) is 0 Å². The van der Waals surface area contributed by atoms with Gasteiger partial charge in [-0.2, -0.15) is 0 Å². The molecule has 1 aliphatic carbocycles. The largest absolute Gasteiger partial charge is 0.360 e. The number of nitrogens with zero attached hydrogens (tertiary/aromatic N) is 2. The van der Waals surface area contributed by atoms with Gasteiger partial charge in [-0.25, -0.2) is 0 Å². The first-order valence-electron chi connectivity index (χ1n) is 11.4. The maximum Gasteiger partial charge on any atom is 0.271 e. The molecule has 0 amide bonds. The van der Waals surface area contributed by atoms with Gasteiger partial charge in [0.15, 0.2) is 0 Å². The van der Waals surface area contributed by atoms with Gasteiger partial charge in [-0.3, -0.25) is 10.1 Å². The number of non-ortho nitro benzene ring substituents is 1. The van der Waals surface area contributed by atoms with Gasteiger partial charge in [0.05, 0.1) is 16.3 Å². The van der Waals surface area contributed by atoms with Gasteiger partial charge in [0.2, 0.25) is 0 Å². The fraction of sp³-hybridized carbons (Fsp3) is 0.259. The molecule has 3 aromatic carbocycles. The second kappa shape index (κ2) is 7.23. The molecule has 5 nitrogen and oxygen atoms in total. The topological polar surface area (TPSA) is 58.4 Å². The molecule has 0 radical (unpaired) electrons. The number of fused-ring (bicyclic) bond motifs is 2. The van der Waals surface area contributed by atoms with Crippen LogP contribution < -0.4 is 10.2 Å². The van der Waals surface area contributed by atoms with Crippen LogP contribution in [-0.2, 0) is 0 Å². The summed E-state index contributed by atoms with van der Waals surface area (Å²) >= 11 is 0. The molecule has 3 atom stereocenters. The van der Waals surface area contributed by atoms with Gasteiger partial charge in [-0.1, -0.05) is 73.2 Å². The molecule has 0 unspecified atom stereocenters. The molecule has 1 spiro atoms. The average molecular weight is 424 g/mol. The van der Waals surface area contributed by atoms with E-state index in [1.54, 1.807) is 12.1 Å². The van der Waals surface area contributed by atoms with Crippen LogP contribution in [0.15, 0.2) is 84.9 Å². The molecule has 3 aliphatic rings. The third-order valence-electron chi connectivity index (χ3n) is 7.39. The van der Waals surface area contributed by atoms with Gasteiger partial charge in [0, 0.05) is 29.7 Å². The Hall–Kier alpha value is -3.60. The van der Waals surface area contributed by atoms with E-state index in [0.29, 0.717) is 5.92 Å². The number of allylic oxidation sites excluding steroid dienone is 1. The highest BCUT2D eigenvalue weighted by Gasteiger charge is 2.56. The van der Waals surface area contributed by atoms with Crippen LogP contribution in [0.3, 0.4) is 0 Å². The van der Waals surface area contributed by atoms with Crippen molar-refractivity contribution >= 4 is 22.8 Å². The van der Waals surface area contributed by atoms with Crippen molar-refractivity contribution in [3.63, 3.8) is 0 Å². The second-order valence-electron chi connectivity index (χ2n) is 9.05. The quantitative estimate of drug-likeness (QED) is 0.383. The molecular formula is C27H25N3O2. The minimum absolute atomic E-state index is 0.132. The van der Waals surface area contributed by atoms with Gasteiger partial charge in [-0.15, -0.1) is 0 Å². The Morgan fingerprint density at radius 3 is 2.47 bits per heavy atom. The van der Waals surface area contributed by atoms with E-state index >= 15 is 0 Å². The van der Waals surface area contributed by atoms with Gasteiger partial charge in [0.1, 0.15) is 5.66 Å². The lowest BCUT2D eigenvalue weighted by atomic mass is 9.66. The molecule has 0 bridgehead atoms.